The van der Waals surface area contributed by atoms with Crippen LogP contribution in [-0.2, 0) is 0 Å². The molecule has 1 rings (SSSR count). The fourth-order valence-electron chi connectivity index (χ4n) is 2.46. The molecule has 1 radical (unpaired) electrons. The molecule has 0 aliphatic heterocycles. The minimum absolute atomic E-state index is 0.968. The molecule has 0 amide bonds. The summed E-state index contributed by atoms with van der Waals surface area (Å²) in [6.45, 7) is 4.66. The van der Waals surface area contributed by atoms with E-state index in [1.54, 1.807) is 0 Å². The van der Waals surface area contributed by atoms with E-state index in [2.05, 4.69) is 13.8 Å². The topological polar surface area (TPSA) is 0 Å². The van der Waals surface area contributed by atoms with Gasteiger partial charge in [0, 0.05) is 0 Å². The predicted octanol–water partition coefficient (Wildman–Crippen LogP) is 4.35. The van der Waals surface area contributed by atoms with Crippen LogP contribution in [0.3, 0.4) is 0 Å². The Balaban J connectivity index is 2.29. The van der Waals surface area contributed by atoms with Crippen LogP contribution in [0.5, 0.6) is 0 Å². The number of hydrogen-bond donors (Lipinski definition) is 0. The third-order valence-electron chi connectivity index (χ3n) is 3.20. The van der Waals surface area contributed by atoms with Gasteiger partial charge in [-0.05, 0) is 24.7 Å². The molecule has 0 aromatic carbocycles. The average molecular weight is 167 g/mol. The summed E-state index contributed by atoms with van der Waals surface area (Å²) in [7, 11) is 0. The summed E-state index contributed by atoms with van der Waals surface area (Å²) < 4.78 is 0. The van der Waals surface area contributed by atoms with Gasteiger partial charge in [-0.15, -0.1) is 0 Å². The highest BCUT2D eigenvalue weighted by Gasteiger charge is 2.21. The van der Waals surface area contributed by atoms with Gasteiger partial charge >= 0.3 is 0 Å². The molecule has 0 N–H and O–H groups in total. The fraction of sp³-hybridized carbons (Fsp3) is 0.917. The van der Waals surface area contributed by atoms with Gasteiger partial charge < -0.3 is 0 Å². The van der Waals surface area contributed by atoms with E-state index >= 15 is 0 Å². The Labute approximate surface area is 77.7 Å². The molecule has 1 fully saturated rings. The van der Waals surface area contributed by atoms with Gasteiger partial charge in [0.1, 0.15) is 0 Å². The van der Waals surface area contributed by atoms with Crippen molar-refractivity contribution in [1.29, 1.82) is 0 Å². The Morgan fingerprint density at radius 1 is 1.08 bits per heavy atom. The Bertz CT molecular complexity index is 97.9. The fourth-order valence-corrected chi connectivity index (χ4v) is 2.46. The molecule has 0 nitrogen and oxygen atoms in total. The summed E-state index contributed by atoms with van der Waals surface area (Å²) in [6.07, 6.45) is 11.5. The lowest BCUT2D eigenvalue weighted by atomic mass is 9.77. The minimum Gasteiger partial charge on any atom is -0.0654 e. The van der Waals surface area contributed by atoms with Gasteiger partial charge in [0.25, 0.3) is 0 Å². The van der Waals surface area contributed by atoms with Crippen molar-refractivity contribution in [3.8, 4) is 0 Å². The van der Waals surface area contributed by atoms with Crippen molar-refractivity contribution in [1.82, 2.24) is 0 Å². The molecule has 1 aliphatic carbocycles. The van der Waals surface area contributed by atoms with Crippen molar-refractivity contribution in [2.24, 2.45) is 5.92 Å². The molecule has 0 saturated heterocycles. The van der Waals surface area contributed by atoms with Gasteiger partial charge in [-0.25, -0.2) is 0 Å². The zero-order valence-corrected chi connectivity index (χ0v) is 8.73. The van der Waals surface area contributed by atoms with E-state index in [9.17, 15) is 0 Å². The monoisotopic (exact) mass is 167 g/mol. The maximum Gasteiger partial charge on any atom is -0.0210 e. The molecule has 0 aromatic heterocycles. The SMILES string of the molecule is CCCC(CC)[C]1CCCCC1. The minimum atomic E-state index is 0.968. The summed E-state index contributed by atoms with van der Waals surface area (Å²) in [5.74, 6) is 2.86. The lowest BCUT2D eigenvalue weighted by Gasteiger charge is -2.28. The molecule has 1 atom stereocenters. The Kier molecular flexibility index (Phi) is 4.72. The highest BCUT2D eigenvalue weighted by atomic mass is 14.3. The molecule has 0 spiro atoms. The summed E-state index contributed by atoms with van der Waals surface area (Å²) in [6, 6.07) is 0. The van der Waals surface area contributed by atoms with Gasteiger partial charge in [-0.3, -0.25) is 0 Å². The van der Waals surface area contributed by atoms with E-state index < -0.39 is 0 Å². The molecule has 1 aliphatic rings. The smallest absolute Gasteiger partial charge is 0.0210 e. The van der Waals surface area contributed by atoms with Crippen LogP contribution < -0.4 is 0 Å². The zero-order chi connectivity index (χ0) is 8.81. The van der Waals surface area contributed by atoms with E-state index in [4.69, 9.17) is 0 Å². The van der Waals surface area contributed by atoms with Gasteiger partial charge in [0.05, 0.1) is 0 Å². The van der Waals surface area contributed by atoms with Crippen molar-refractivity contribution in [2.75, 3.05) is 0 Å². The van der Waals surface area contributed by atoms with Gasteiger partial charge in [-0.2, -0.15) is 0 Å². The summed E-state index contributed by atoms with van der Waals surface area (Å²) in [4.78, 5) is 0. The normalized spacial score (nSPS) is 22.5. The van der Waals surface area contributed by atoms with E-state index in [0.29, 0.717) is 0 Å². The van der Waals surface area contributed by atoms with E-state index in [-0.39, 0.29) is 0 Å². The van der Waals surface area contributed by atoms with Crippen LogP contribution in [0.4, 0.5) is 0 Å². The van der Waals surface area contributed by atoms with Crippen molar-refractivity contribution in [2.45, 2.75) is 65.2 Å². The first kappa shape index (κ1) is 10.1. The number of hydrogen-bond acceptors (Lipinski definition) is 0. The van der Waals surface area contributed by atoms with Crippen LogP contribution >= 0.6 is 0 Å². The summed E-state index contributed by atoms with van der Waals surface area (Å²) in [5, 5.41) is 0. The largest absolute Gasteiger partial charge is 0.0654 e. The van der Waals surface area contributed by atoms with E-state index in [0.717, 1.165) is 5.92 Å². The van der Waals surface area contributed by atoms with Crippen LogP contribution in [0.2, 0.25) is 0 Å². The maximum atomic E-state index is 2.35. The quantitative estimate of drug-likeness (QED) is 0.584. The predicted molar refractivity (Wildman–Crippen MR) is 55.0 cm³/mol. The Hall–Kier alpha value is 0. The van der Waals surface area contributed by atoms with Gasteiger partial charge in [0.2, 0.25) is 0 Å². The summed E-state index contributed by atoms with van der Waals surface area (Å²) >= 11 is 0. The Morgan fingerprint density at radius 2 is 1.75 bits per heavy atom. The van der Waals surface area contributed by atoms with Crippen LogP contribution in [0.1, 0.15) is 65.2 Å². The van der Waals surface area contributed by atoms with Gasteiger partial charge in [0.15, 0.2) is 0 Å². The van der Waals surface area contributed by atoms with E-state index in [1.807, 2.05) is 5.92 Å². The molecule has 1 unspecified atom stereocenters. The maximum absolute atomic E-state index is 2.35. The second-order valence-corrected chi connectivity index (χ2v) is 4.11. The molecule has 0 heterocycles. The molecule has 71 valence electrons. The highest BCUT2D eigenvalue weighted by molar-refractivity contribution is 4.97. The number of rotatable bonds is 4. The van der Waals surface area contributed by atoms with Crippen molar-refractivity contribution in [3.63, 3.8) is 0 Å². The second kappa shape index (κ2) is 5.61. The standard InChI is InChI=1S/C12H23/c1-3-8-11(4-2)12-9-6-5-7-10-12/h11H,3-10H2,1-2H3. The van der Waals surface area contributed by atoms with E-state index in [1.165, 1.54) is 51.4 Å². The van der Waals surface area contributed by atoms with Crippen molar-refractivity contribution < 1.29 is 0 Å². The van der Waals surface area contributed by atoms with Crippen LogP contribution in [0, 0.1) is 11.8 Å². The lowest BCUT2D eigenvalue weighted by molar-refractivity contribution is 0.385. The zero-order valence-electron chi connectivity index (χ0n) is 8.73. The first-order valence-corrected chi connectivity index (χ1v) is 5.73. The van der Waals surface area contributed by atoms with Gasteiger partial charge in [-0.1, -0.05) is 52.4 Å². The first-order chi connectivity index (χ1) is 5.88. The average Bonchev–Trinajstić information content (AvgIpc) is 2.15. The lowest BCUT2D eigenvalue weighted by Crippen LogP contribution is -2.15. The molecule has 0 aromatic rings. The van der Waals surface area contributed by atoms with Crippen molar-refractivity contribution >= 4 is 0 Å². The third kappa shape index (κ3) is 2.80. The molecule has 0 bridgehead atoms. The third-order valence-corrected chi connectivity index (χ3v) is 3.20. The molecule has 0 heteroatoms. The van der Waals surface area contributed by atoms with Crippen LogP contribution in [0.25, 0.3) is 0 Å². The first-order valence-electron chi connectivity index (χ1n) is 5.73. The molecular formula is C12H23. The second-order valence-electron chi connectivity index (χ2n) is 4.11. The highest BCUT2D eigenvalue weighted by Crippen LogP contribution is 2.35. The molecular weight excluding hydrogens is 144 g/mol. The molecule has 12 heavy (non-hydrogen) atoms. The van der Waals surface area contributed by atoms with Crippen LogP contribution in [0.15, 0.2) is 0 Å². The van der Waals surface area contributed by atoms with Crippen molar-refractivity contribution in [3.05, 3.63) is 5.92 Å². The Morgan fingerprint density at radius 3 is 2.25 bits per heavy atom. The van der Waals surface area contributed by atoms with Crippen LogP contribution in [-0.4, -0.2) is 0 Å². The molecule has 1 saturated carbocycles. The summed E-state index contributed by atoms with van der Waals surface area (Å²) in [5.41, 5.74) is 0.